The summed E-state index contributed by atoms with van der Waals surface area (Å²) in [5, 5.41) is 0. The standard InChI is InChI=1S/C5H9F3O3S/c1-3(6)5(8)4(7)2-12(9,10)11/h3-5H,2H2,1H3,(H,9,10,11). The maximum atomic E-state index is 12.4. The Morgan fingerprint density at radius 1 is 1.33 bits per heavy atom. The third-order valence-electron chi connectivity index (χ3n) is 1.15. The van der Waals surface area contributed by atoms with Crippen LogP contribution in [0.15, 0.2) is 0 Å². The molecule has 3 atom stereocenters. The molecule has 0 fully saturated rings. The van der Waals surface area contributed by atoms with E-state index in [1.807, 2.05) is 0 Å². The lowest BCUT2D eigenvalue weighted by molar-refractivity contribution is 0.102. The first-order valence-corrected chi connectivity index (χ1v) is 4.72. The van der Waals surface area contributed by atoms with Crippen molar-refractivity contribution < 1.29 is 26.1 Å². The maximum Gasteiger partial charge on any atom is 0.267 e. The first-order valence-electron chi connectivity index (χ1n) is 3.11. The molecule has 12 heavy (non-hydrogen) atoms. The fourth-order valence-electron chi connectivity index (χ4n) is 0.581. The molecule has 0 aromatic carbocycles. The van der Waals surface area contributed by atoms with Gasteiger partial charge in [-0.3, -0.25) is 4.55 Å². The Labute approximate surface area is 68.3 Å². The molecule has 7 heteroatoms. The van der Waals surface area contributed by atoms with E-state index in [1.54, 1.807) is 0 Å². The molecule has 74 valence electrons. The van der Waals surface area contributed by atoms with Crippen LogP contribution in [0.4, 0.5) is 13.2 Å². The predicted octanol–water partition coefficient (Wildman–Crippen LogP) is 0.908. The molecule has 0 saturated carbocycles. The molecule has 0 rings (SSSR count). The van der Waals surface area contributed by atoms with Crippen LogP contribution >= 0.6 is 0 Å². The fraction of sp³-hybridized carbons (Fsp3) is 1.00. The summed E-state index contributed by atoms with van der Waals surface area (Å²) in [4.78, 5) is 0. The monoisotopic (exact) mass is 206 g/mol. The Bertz CT molecular complexity index is 226. The van der Waals surface area contributed by atoms with Crippen LogP contribution in [0.1, 0.15) is 6.92 Å². The van der Waals surface area contributed by atoms with Crippen molar-refractivity contribution in [1.29, 1.82) is 0 Å². The molecule has 0 radical (unpaired) electrons. The highest BCUT2D eigenvalue weighted by atomic mass is 32.2. The number of hydrogen-bond donors (Lipinski definition) is 1. The topological polar surface area (TPSA) is 54.4 Å². The van der Waals surface area contributed by atoms with E-state index in [2.05, 4.69) is 0 Å². The summed E-state index contributed by atoms with van der Waals surface area (Å²) in [7, 11) is -4.58. The van der Waals surface area contributed by atoms with Gasteiger partial charge in [0.05, 0.1) is 0 Å². The predicted molar refractivity (Wildman–Crippen MR) is 36.8 cm³/mol. The summed E-state index contributed by atoms with van der Waals surface area (Å²) in [6.45, 7) is 0.765. The molecule has 0 saturated heterocycles. The first kappa shape index (κ1) is 11.7. The Kier molecular flexibility index (Phi) is 3.98. The van der Waals surface area contributed by atoms with Crippen LogP contribution in [0, 0.1) is 0 Å². The van der Waals surface area contributed by atoms with Crippen molar-refractivity contribution in [2.24, 2.45) is 0 Å². The van der Waals surface area contributed by atoms with Gasteiger partial charge in [-0.25, -0.2) is 13.2 Å². The number of hydrogen-bond acceptors (Lipinski definition) is 2. The van der Waals surface area contributed by atoms with E-state index in [4.69, 9.17) is 4.55 Å². The number of halogens is 3. The molecule has 0 aliphatic carbocycles. The summed E-state index contributed by atoms with van der Waals surface area (Å²) in [5.74, 6) is -1.41. The van der Waals surface area contributed by atoms with Crippen LogP contribution in [0.2, 0.25) is 0 Å². The molecule has 3 unspecified atom stereocenters. The lowest BCUT2D eigenvalue weighted by atomic mass is 10.2. The second-order valence-corrected chi connectivity index (χ2v) is 3.88. The van der Waals surface area contributed by atoms with E-state index in [-0.39, 0.29) is 0 Å². The largest absolute Gasteiger partial charge is 0.285 e. The van der Waals surface area contributed by atoms with Gasteiger partial charge >= 0.3 is 0 Å². The summed E-state index contributed by atoms with van der Waals surface area (Å²) in [6.07, 6.45) is -7.14. The number of alkyl halides is 3. The molecular weight excluding hydrogens is 197 g/mol. The smallest absolute Gasteiger partial charge is 0.267 e. The van der Waals surface area contributed by atoms with Crippen molar-refractivity contribution >= 4 is 10.1 Å². The van der Waals surface area contributed by atoms with Crippen molar-refractivity contribution in [1.82, 2.24) is 0 Å². The second-order valence-electron chi connectivity index (χ2n) is 2.39. The highest BCUT2D eigenvalue weighted by molar-refractivity contribution is 7.85. The maximum absolute atomic E-state index is 12.4. The quantitative estimate of drug-likeness (QED) is 0.695. The zero-order valence-electron chi connectivity index (χ0n) is 6.25. The molecule has 0 amide bonds. The molecule has 0 heterocycles. The van der Waals surface area contributed by atoms with Crippen molar-refractivity contribution in [2.45, 2.75) is 25.4 Å². The van der Waals surface area contributed by atoms with E-state index >= 15 is 0 Å². The van der Waals surface area contributed by atoms with Crippen molar-refractivity contribution in [3.05, 3.63) is 0 Å². The van der Waals surface area contributed by atoms with Gasteiger partial charge in [0.1, 0.15) is 11.9 Å². The lowest BCUT2D eigenvalue weighted by Crippen LogP contribution is -2.31. The van der Waals surface area contributed by atoms with Crippen LogP contribution in [0.25, 0.3) is 0 Å². The van der Waals surface area contributed by atoms with Crippen molar-refractivity contribution in [2.75, 3.05) is 5.75 Å². The highest BCUT2D eigenvalue weighted by Crippen LogP contribution is 2.12. The average Bonchev–Trinajstić information content (AvgIpc) is 1.82. The van der Waals surface area contributed by atoms with Gasteiger partial charge < -0.3 is 0 Å². The third-order valence-corrected chi connectivity index (χ3v) is 1.89. The molecular formula is C5H9F3O3S. The van der Waals surface area contributed by atoms with E-state index in [0.29, 0.717) is 0 Å². The van der Waals surface area contributed by atoms with Crippen molar-refractivity contribution in [3.8, 4) is 0 Å². The average molecular weight is 206 g/mol. The Hall–Kier alpha value is -0.300. The summed E-state index contributed by atoms with van der Waals surface area (Å²) >= 11 is 0. The van der Waals surface area contributed by atoms with Crippen LogP contribution < -0.4 is 0 Å². The molecule has 0 aromatic rings. The van der Waals surface area contributed by atoms with Gasteiger partial charge in [0.2, 0.25) is 0 Å². The lowest BCUT2D eigenvalue weighted by Gasteiger charge is -2.12. The Morgan fingerprint density at radius 3 is 2.00 bits per heavy atom. The van der Waals surface area contributed by atoms with E-state index < -0.39 is 34.4 Å². The molecule has 0 aliphatic heterocycles. The van der Waals surface area contributed by atoms with Gasteiger partial charge in [0.25, 0.3) is 10.1 Å². The number of rotatable bonds is 4. The minimum atomic E-state index is -4.58. The summed E-state index contributed by atoms with van der Waals surface area (Å²) in [6, 6.07) is 0. The van der Waals surface area contributed by atoms with Gasteiger partial charge in [0.15, 0.2) is 12.3 Å². The minimum absolute atomic E-state index is 0.765. The van der Waals surface area contributed by atoms with E-state index in [1.165, 1.54) is 0 Å². The first-order chi connectivity index (χ1) is 5.24. The van der Waals surface area contributed by atoms with Crippen LogP contribution in [0.5, 0.6) is 0 Å². The normalized spacial score (nSPS) is 20.1. The van der Waals surface area contributed by atoms with E-state index in [0.717, 1.165) is 6.92 Å². The van der Waals surface area contributed by atoms with Crippen LogP contribution in [-0.2, 0) is 10.1 Å². The molecule has 0 aliphatic rings. The minimum Gasteiger partial charge on any atom is -0.285 e. The highest BCUT2D eigenvalue weighted by Gasteiger charge is 2.30. The van der Waals surface area contributed by atoms with Crippen LogP contribution in [0.3, 0.4) is 0 Å². The second kappa shape index (κ2) is 4.08. The summed E-state index contributed by atoms with van der Waals surface area (Å²) < 4.78 is 64.8. The summed E-state index contributed by atoms with van der Waals surface area (Å²) in [5.41, 5.74) is 0. The SMILES string of the molecule is CC(F)C(F)C(F)CS(=O)(=O)O. The third kappa shape index (κ3) is 4.55. The van der Waals surface area contributed by atoms with Gasteiger partial charge in [-0.1, -0.05) is 0 Å². The zero-order valence-corrected chi connectivity index (χ0v) is 7.06. The van der Waals surface area contributed by atoms with Gasteiger partial charge in [0, 0.05) is 0 Å². The molecule has 0 bridgehead atoms. The Morgan fingerprint density at radius 2 is 1.75 bits per heavy atom. The molecule has 0 spiro atoms. The molecule has 0 aromatic heterocycles. The van der Waals surface area contributed by atoms with Gasteiger partial charge in [-0.15, -0.1) is 0 Å². The van der Waals surface area contributed by atoms with Crippen LogP contribution in [-0.4, -0.2) is 37.2 Å². The van der Waals surface area contributed by atoms with Crippen molar-refractivity contribution in [3.63, 3.8) is 0 Å². The van der Waals surface area contributed by atoms with Gasteiger partial charge in [-0.2, -0.15) is 8.42 Å². The zero-order chi connectivity index (χ0) is 9.94. The molecule has 1 N–H and O–H groups in total. The van der Waals surface area contributed by atoms with Gasteiger partial charge in [-0.05, 0) is 6.92 Å². The molecule has 3 nitrogen and oxygen atoms in total. The fourth-order valence-corrected chi connectivity index (χ4v) is 1.17. The Balaban J connectivity index is 4.14. The van der Waals surface area contributed by atoms with E-state index in [9.17, 15) is 21.6 Å².